The number of nitrogens with zero attached hydrogens (tertiary/aromatic N) is 3. The van der Waals surface area contributed by atoms with Crippen LogP contribution in [0.25, 0.3) is 0 Å². The highest BCUT2D eigenvalue weighted by molar-refractivity contribution is 6.04. The van der Waals surface area contributed by atoms with Gasteiger partial charge in [0.2, 0.25) is 0 Å². The molecule has 0 saturated heterocycles. The van der Waals surface area contributed by atoms with Gasteiger partial charge in [0.15, 0.2) is 0 Å². The van der Waals surface area contributed by atoms with E-state index in [0.29, 0.717) is 11.3 Å². The zero-order valence-corrected chi connectivity index (χ0v) is 14.8. The molecular weight excluding hydrogens is 341 g/mol. The van der Waals surface area contributed by atoms with Crippen molar-refractivity contribution in [1.82, 2.24) is 9.13 Å². The van der Waals surface area contributed by atoms with Crippen LogP contribution < -0.4 is 11.2 Å². The quantitative estimate of drug-likeness (QED) is 0.756. The molecule has 2 unspecified atom stereocenters. The number of carbonyl (C=O) groups is 1. The van der Waals surface area contributed by atoms with Crippen molar-refractivity contribution >= 4 is 17.5 Å². The molecule has 0 saturated carbocycles. The summed E-state index contributed by atoms with van der Waals surface area (Å²) in [4.78, 5) is 41.9. The van der Waals surface area contributed by atoms with E-state index in [1.54, 1.807) is 6.92 Å². The predicted molar refractivity (Wildman–Crippen MR) is 93.4 cm³/mol. The zero-order valence-electron chi connectivity index (χ0n) is 14.8. The molecule has 0 bridgehead atoms. The fourth-order valence-electron chi connectivity index (χ4n) is 3.37. The monoisotopic (exact) mass is 359 g/mol. The predicted octanol–water partition coefficient (Wildman–Crippen LogP) is 1.25. The Hall–Kier alpha value is -3.03. The molecule has 0 fully saturated rings. The highest BCUT2D eigenvalue weighted by atomic mass is 19.1. The first-order valence-electron chi connectivity index (χ1n) is 7.96. The number of aliphatic imine (C=N–C) groups is 1. The van der Waals surface area contributed by atoms with Gasteiger partial charge in [-0.15, -0.1) is 0 Å². The maximum absolute atomic E-state index is 13.4. The number of methoxy groups -OCH3 is 1. The van der Waals surface area contributed by atoms with Crippen LogP contribution in [0.2, 0.25) is 0 Å². The SMILES string of the molecule is COC(=O)C1C(C)=Nc2c(c(=O)n(C)c(=O)n2C)C1c1ccc(F)cc1. The topological polar surface area (TPSA) is 82.7 Å². The minimum Gasteiger partial charge on any atom is -0.468 e. The van der Waals surface area contributed by atoms with E-state index >= 15 is 0 Å². The molecule has 0 radical (unpaired) electrons. The summed E-state index contributed by atoms with van der Waals surface area (Å²) >= 11 is 0. The number of halogens is 1. The second kappa shape index (κ2) is 6.36. The van der Waals surface area contributed by atoms with Crippen LogP contribution in [-0.4, -0.2) is 27.9 Å². The van der Waals surface area contributed by atoms with Gasteiger partial charge < -0.3 is 4.74 Å². The van der Waals surface area contributed by atoms with Crippen LogP contribution in [-0.2, 0) is 23.6 Å². The molecule has 1 aliphatic rings. The lowest BCUT2D eigenvalue weighted by Gasteiger charge is -2.31. The summed E-state index contributed by atoms with van der Waals surface area (Å²) in [6.07, 6.45) is 0. The number of hydrogen-bond donors (Lipinski definition) is 0. The number of rotatable bonds is 2. The van der Waals surface area contributed by atoms with Crippen molar-refractivity contribution in [1.29, 1.82) is 0 Å². The summed E-state index contributed by atoms with van der Waals surface area (Å²) in [7, 11) is 4.13. The van der Waals surface area contributed by atoms with Crippen molar-refractivity contribution in [2.24, 2.45) is 25.0 Å². The van der Waals surface area contributed by atoms with Crippen LogP contribution in [0.1, 0.15) is 24.0 Å². The van der Waals surface area contributed by atoms with Crippen LogP contribution in [0.3, 0.4) is 0 Å². The van der Waals surface area contributed by atoms with E-state index < -0.39 is 34.9 Å². The average Bonchev–Trinajstić information content (AvgIpc) is 2.63. The lowest BCUT2D eigenvalue weighted by atomic mass is 9.77. The Kier molecular flexibility index (Phi) is 4.35. The third-order valence-corrected chi connectivity index (χ3v) is 4.73. The van der Waals surface area contributed by atoms with Gasteiger partial charge >= 0.3 is 11.7 Å². The van der Waals surface area contributed by atoms with Gasteiger partial charge in [0.1, 0.15) is 17.6 Å². The number of ether oxygens (including phenoxy) is 1. The van der Waals surface area contributed by atoms with E-state index in [-0.39, 0.29) is 11.4 Å². The van der Waals surface area contributed by atoms with Gasteiger partial charge in [-0.3, -0.25) is 18.7 Å². The normalized spacial score (nSPS) is 18.9. The zero-order chi connectivity index (χ0) is 19.2. The van der Waals surface area contributed by atoms with Gasteiger partial charge in [-0.1, -0.05) is 12.1 Å². The number of esters is 1. The maximum atomic E-state index is 13.4. The molecule has 3 rings (SSSR count). The maximum Gasteiger partial charge on any atom is 0.332 e. The summed E-state index contributed by atoms with van der Waals surface area (Å²) in [6, 6.07) is 5.56. The standard InChI is InChI=1S/C18H18FN3O4/c1-9-12(17(24)26-4)13(10-5-7-11(19)8-6-10)14-15(20-9)21(2)18(25)22(3)16(14)23/h5-8,12-13H,1-4H3. The van der Waals surface area contributed by atoms with Crippen molar-refractivity contribution in [3.63, 3.8) is 0 Å². The van der Waals surface area contributed by atoms with Crippen molar-refractivity contribution in [2.45, 2.75) is 12.8 Å². The van der Waals surface area contributed by atoms with Crippen LogP contribution in [0.4, 0.5) is 10.2 Å². The minimum absolute atomic E-state index is 0.199. The van der Waals surface area contributed by atoms with E-state index in [1.807, 2.05) is 0 Å². The third-order valence-electron chi connectivity index (χ3n) is 4.73. The summed E-state index contributed by atoms with van der Waals surface area (Å²) in [5, 5.41) is 0. The molecule has 0 amide bonds. The Morgan fingerprint density at radius 3 is 2.35 bits per heavy atom. The van der Waals surface area contributed by atoms with Crippen LogP contribution in [0, 0.1) is 11.7 Å². The molecule has 2 atom stereocenters. The summed E-state index contributed by atoms with van der Waals surface area (Å²) < 4.78 is 20.5. The highest BCUT2D eigenvalue weighted by Gasteiger charge is 2.41. The molecule has 136 valence electrons. The number of benzene rings is 1. The Labute approximate surface area is 148 Å². The first-order valence-corrected chi connectivity index (χ1v) is 7.96. The molecular formula is C18H18FN3O4. The molecule has 0 spiro atoms. The molecule has 7 nitrogen and oxygen atoms in total. The van der Waals surface area contributed by atoms with Crippen LogP contribution in [0.5, 0.6) is 0 Å². The number of carbonyl (C=O) groups excluding carboxylic acids is 1. The van der Waals surface area contributed by atoms with Crippen molar-refractivity contribution in [3.05, 3.63) is 62.0 Å². The smallest absolute Gasteiger partial charge is 0.332 e. The van der Waals surface area contributed by atoms with E-state index in [1.165, 1.54) is 50.0 Å². The van der Waals surface area contributed by atoms with Crippen LogP contribution >= 0.6 is 0 Å². The Morgan fingerprint density at radius 2 is 1.77 bits per heavy atom. The van der Waals surface area contributed by atoms with Gasteiger partial charge in [-0.25, -0.2) is 14.2 Å². The fraction of sp³-hybridized carbons (Fsp3) is 0.333. The number of aromatic nitrogens is 2. The molecule has 2 heterocycles. The average molecular weight is 359 g/mol. The van der Waals surface area contributed by atoms with Crippen LogP contribution in [0.15, 0.2) is 38.8 Å². The van der Waals surface area contributed by atoms with E-state index in [2.05, 4.69) is 4.99 Å². The molecule has 1 aromatic heterocycles. The van der Waals surface area contributed by atoms with E-state index in [0.717, 1.165) is 4.57 Å². The first-order chi connectivity index (χ1) is 12.3. The second-order valence-electron chi connectivity index (χ2n) is 6.23. The second-order valence-corrected chi connectivity index (χ2v) is 6.23. The van der Waals surface area contributed by atoms with Crippen molar-refractivity contribution in [2.75, 3.05) is 7.11 Å². The third kappa shape index (κ3) is 2.58. The largest absolute Gasteiger partial charge is 0.468 e. The summed E-state index contributed by atoms with van der Waals surface area (Å²) in [6.45, 7) is 1.64. The summed E-state index contributed by atoms with van der Waals surface area (Å²) in [5.41, 5.74) is 0.138. The summed E-state index contributed by atoms with van der Waals surface area (Å²) in [5.74, 6) is -2.37. The Morgan fingerprint density at radius 1 is 1.15 bits per heavy atom. The molecule has 1 aliphatic heterocycles. The highest BCUT2D eigenvalue weighted by Crippen LogP contribution is 2.40. The Balaban J connectivity index is 2.40. The molecule has 0 N–H and O–H groups in total. The lowest BCUT2D eigenvalue weighted by molar-refractivity contribution is -0.143. The van der Waals surface area contributed by atoms with Crippen molar-refractivity contribution in [3.8, 4) is 0 Å². The van der Waals surface area contributed by atoms with Crippen molar-refractivity contribution < 1.29 is 13.9 Å². The van der Waals surface area contributed by atoms with Gasteiger partial charge in [-0.05, 0) is 24.6 Å². The van der Waals surface area contributed by atoms with Gasteiger partial charge in [-0.2, -0.15) is 0 Å². The molecule has 26 heavy (non-hydrogen) atoms. The van der Waals surface area contributed by atoms with Gasteiger partial charge in [0, 0.05) is 25.7 Å². The lowest BCUT2D eigenvalue weighted by Crippen LogP contribution is -2.44. The molecule has 0 aliphatic carbocycles. The number of fused-ring (bicyclic) bond motifs is 1. The van der Waals surface area contributed by atoms with Gasteiger partial charge in [0.05, 0.1) is 12.7 Å². The molecule has 8 heteroatoms. The molecule has 2 aromatic rings. The molecule has 1 aromatic carbocycles. The first kappa shape index (κ1) is 17.8. The fourth-order valence-corrected chi connectivity index (χ4v) is 3.37. The van der Waals surface area contributed by atoms with E-state index in [4.69, 9.17) is 4.74 Å². The minimum atomic E-state index is -0.844. The number of hydrogen-bond acceptors (Lipinski definition) is 5. The van der Waals surface area contributed by atoms with E-state index in [9.17, 15) is 18.8 Å². The Bertz CT molecular complexity index is 1030. The van der Waals surface area contributed by atoms with Gasteiger partial charge in [0.25, 0.3) is 5.56 Å².